The van der Waals surface area contributed by atoms with Crippen LogP contribution in [0.2, 0.25) is 0 Å². The zero-order chi connectivity index (χ0) is 11.4. The summed E-state index contributed by atoms with van der Waals surface area (Å²) in [7, 11) is 0. The third-order valence-electron chi connectivity index (χ3n) is 1.90. The van der Waals surface area contributed by atoms with Gasteiger partial charge < -0.3 is 20.0 Å². The number of rotatable bonds is 4. The fraction of sp³-hybridized carbons (Fsp3) is 0.222. The molecule has 0 saturated heterocycles. The largest absolute Gasteiger partial charge is 0.455 e. The Bertz CT molecular complexity index is 463. The number of carbonyl (C=O) groups excluding carboxylic acids is 1. The molecule has 0 aliphatic rings. The number of furan rings is 1. The van der Waals surface area contributed by atoms with Gasteiger partial charge in [0.05, 0.1) is 13.1 Å². The van der Waals surface area contributed by atoms with Crippen molar-refractivity contribution in [2.24, 2.45) is 5.73 Å². The van der Waals surface area contributed by atoms with Crippen molar-refractivity contribution in [3.05, 3.63) is 35.9 Å². The Morgan fingerprint density at radius 1 is 1.50 bits per heavy atom. The number of nitrogens with two attached hydrogens (primary N) is 1. The van der Waals surface area contributed by atoms with Gasteiger partial charge >= 0.3 is 0 Å². The van der Waals surface area contributed by atoms with Crippen molar-refractivity contribution in [2.75, 3.05) is 0 Å². The first-order valence-electron chi connectivity index (χ1n) is 4.62. The minimum absolute atomic E-state index is 0.188. The predicted molar refractivity (Wildman–Crippen MR) is 52.1 cm³/mol. The van der Waals surface area contributed by atoms with Gasteiger partial charge in [-0.25, -0.2) is 0 Å². The number of hydrogen-bond acceptors (Lipinski definition) is 6. The smallest absolute Gasteiger partial charge is 0.287 e. The van der Waals surface area contributed by atoms with Crippen LogP contribution in [0.25, 0.3) is 0 Å². The molecule has 0 aliphatic heterocycles. The molecule has 0 atom stereocenters. The highest BCUT2D eigenvalue weighted by Gasteiger charge is 2.11. The normalized spacial score (nSPS) is 10.3. The molecule has 2 heterocycles. The van der Waals surface area contributed by atoms with Crippen LogP contribution in [0.5, 0.6) is 0 Å². The highest BCUT2D eigenvalue weighted by Crippen LogP contribution is 2.06. The van der Waals surface area contributed by atoms with Gasteiger partial charge in [0.2, 0.25) is 6.39 Å². The maximum absolute atomic E-state index is 11.5. The van der Waals surface area contributed by atoms with E-state index in [1.54, 1.807) is 12.1 Å². The van der Waals surface area contributed by atoms with Crippen molar-refractivity contribution in [3.8, 4) is 0 Å². The van der Waals surface area contributed by atoms with E-state index in [-0.39, 0.29) is 24.8 Å². The summed E-state index contributed by atoms with van der Waals surface area (Å²) in [5.74, 6) is 0.831. The van der Waals surface area contributed by atoms with Gasteiger partial charge in [0.15, 0.2) is 11.6 Å². The number of nitrogens with one attached hydrogen (secondary N) is 1. The maximum Gasteiger partial charge on any atom is 0.287 e. The van der Waals surface area contributed by atoms with Gasteiger partial charge in [-0.15, -0.1) is 0 Å². The van der Waals surface area contributed by atoms with Gasteiger partial charge in [0.25, 0.3) is 5.91 Å². The summed E-state index contributed by atoms with van der Waals surface area (Å²) in [5.41, 5.74) is 5.36. The average Bonchev–Trinajstić information content (AvgIpc) is 2.96. The quantitative estimate of drug-likeness (QED) is 0.756. The van der Waals surface area contributed by atoms with Crippen molar-refractivity contribution in [2.45, 2.75) is 13.1 Å². The second-order valence-corrected chi connectivity index (χ2v) is 3.00. The molecule has 3 N–H and O–H groups in total. The van der Waals surface area contributed by atoms with Crippen molar-refractivity contribution in [3.63, 3.8) is 0 Å². The summed E-state index contributed by atoms with van der Waals surface area (Å²) in [6.07, 6.45) is 1.20. The summed E-state index contributed by atoms with van der Waals surface area (Å²) in [6.45, 7) is 0.451. The number of carbonyl (C=O) groups is 1. The van der Waals surface area contributed by atoms with E-state index in [1.165, 1.54) is 6.39 Å². The van der Waals surface area contributed by atoms with Crippen LogP contribution in [0.3, 0.4) is 0 Å². The number of nitrogens with zero attached hydrogens (tertiary/aromatic N) is 2. The highest BCUT2D eigenvalue weighted by molar-refractivity contribution is 5.91. The van der Waals surface area contributed by atoms with Crippen molar-refractivity contribution < 1.29 is 13.7 Å². The lowest BCUT2D eigenvalue weighted by Crippen LogP contribution is -2.22. The monoisotopic (exact) mass is 222 g/mol. The van der Waals surface area contributed by atoms with E-state index in [9.17, 15) is 4.79 Å². The summed E-state index contributed by atoms with van der Waals surface area (Å²) in [5, 5.41) is 6.13. The van der Waals surface area contributed by atoms with Crippen molar-refractivity contribution in [1.82, 2.24) is 15.5 Å². The topological polar surface area (TPSA) is 107 Å². The third-order valence-corrected chi connectivity index (χ3v) is 1.90. The van der Waals surface area contributed by atoms with E-state index in [0.29, 0.717) is 11.6 Å². The Morgan fingerprint density at radius 2 is 2.38 bits per heavy atom. The molecule has 2 aromatic rings. The van der Waals surface area contributed by atoms with E-state index in [1.807, 2.05) is 0 Å². The standard InChI is InChI=1S/C9H10N4O3/c10-3-6-1-2-7(16-6)9(14)11-4-8-12-5-15-13-8/h1-2,5H,3-4,10H2,(H,11,14). The van der Waals surface area contributed by atoms with E-state index in [2.05, 4.69) is 20.0 Å². The predicted octanol–water partition coefficient (Wildman–Crippen LogP) is 0.0513. The van der Waals surface area contributed by atoms with Crippen molar-refractivity contribution in [1.29, 1.82) is 0 Å². The second-order valence-electron chi connectivity index (χ2n) is 3.00. The molecule has 2 rings (SSSR count). The highest BCUT2D eigenvalue weighted by atomic mass is 16.5. The minimum atomic E-state index is -0.343. The van der Waals surface area contributed by atoms with Crippen LogP contribution in [0.1, 0.15) is 22.1 Å². The van der Waals surface area contributed by atoms with Gasteiger partial charge in [-0.2, -0.15) is 4.98 Å². The molecule has 0 unspecified atom stereocenters. The van der Waals surface area contributed by atoms with Gasteiger partial charge in [-0.1, -0.05) is 5.16 Å². The average molecular weight is 222 g/mol. The first-order chi connectivity index (χ1) is 7.79. The minimum Gasteiger partial charge on any atom is -0.455 e. The van der Waals surface area contributed by atoms with Gasteiger partial charge in [-0.05, 0) is 12.1 Å². The Balaban J connectivity index is 1.93. The van der Waals surface area contributed by atoms with Crippen LogP contribution < -0.4 is 11.1 Å². The lowest BCUT2D eigenvalue weighted by Gasteiger charge is -1.98. The summed E-state index contributed by atoms with van der Waals surface area (Å²) < 4.78 is 9.68. The van der Waals surface area contributed by atoms with E-state index in [4.69, 9.17) is 10.2 Å². The zero-order valence-electron chi connectivity index (χ0n) is 8.34. The molecule has 0 fully saturated rings. The molecule has 0 aromatic carbocycles. The SMILES string of the molecule is NCc1ccc(C(=O)NCc2ncon2)o1. The first kappa shape index (κ1) is 10.4. The molecule has 1 amide bonds. The maximum atomic E-state index is 11.5. The van der Waals surface area contributed by atoms with E-state index >= 15 is 0 Å². The fourth-order valence-corrected chi connectivity index (χ4v) is 1.13. The van der Waals surface area contributed by atoms with Crippen molar-refractivity contribution >= 4 is 5.91 Å². The molecule has 0 radical (unpaired) electrons. The van der Waals surface area contributed by atoms with E-state index < -0.39 is 0 Å². The molecule has 7 nitrogen and oxygen atoms in total. The van der Waals surface area contributed by atoms with Crippen LogP contribution in [0.4, 0.5) is 0 Å². The molecular weight excluding hydrogens is 212 g/mol. The zero-order valence-corrected chi connectivity index (χ0v) is 8.34. The molecule has 84 valence electrons. The summed E-state index contributed by atoms with van der Waals surface area (Å²) in [6, 6.07) is 3.22. The molecule has 0 spiro atoms. The van der Waals surface area contributed by atoms with Crippen LogP contribution >= 0.6 is 0 Å². The second kappa shape index (κ2) is 4.58. The summed E-state index contributed by atoms with van der Waals surface area (Å²) in [4.78, 5) is 15.3. The van der Waals surface area contributed by atoms with Crippen LogP contribution in [-0.2, 0) is 13.1 Å². The lowest BCUT2D eigenvalue weighted by molar-refractivity contribution is 0.0920. The number of hydrogen-bond donors (Lipinski definition) is 2. The molecule has 2 aromatic heterocycles. The van der Waals surface area contributed by atoms with Crippen LogP contribution in [0, 0.1) is 0 Å². The Hall–Kier alpha value is -2.15. The Labute approximate surface area is 90.6 Å². The van der Waals surface area contributed by atoms with Crippen LogP contribution in [0.15, 0.2) is 27.5 Å². The van der Waals surface area contributed by atoms with Gasteiger partial charge in [0, 0.05) is 0 Å². The fourth-order valence-electron chi connectivity index (χ4n) is 1.13. The molecule has 0 saturated carbocycles. The molecule has 16 heavy (non-hydrogen) atoms. The molecular formula is C9H10N4O3. The van der Waals surface area contributed by atoms with Gasteiger partial charge in [0.1, 0.15) is 5.76 Å². The number of aromatic nitrogens is 2. The number of amides is 1. The van der Waals surface area contributed by atoms with Crippen LogP contribution in [-0.4, -0.2) is 16.0 Å². The van der Waals surface area contributed by atoms with Gasteiger partial charge in [-0.3, -0.25) is 4.79 Å². The Morgan fingerprint density at radius 3 is 3.00 bits per heavy atom. The third kappa shape index (κ3) is 2.26. The molecule has 0 aliphatic carbocycles. The van der Waals surface area contributed by atoms with E-state index in [0.717, 1.165) is 0 Å². The lowest BCUT2D eigenvalue weighted by atomic mass is 10.4. The molecule has 7 heteroatoms. The Kier molecular flexibility index (Phi) is 2.97. The first-order valence-corrected chi connectivity index (χ1v) is 4.62. The summed E-state index contributed by atoms with van der Waals surface area (Å²) >= 11 is 0. The molecule has 0 bridgehead atoms.